The van der Waals surface area contributed by atoms with Crippen molar-refractivity contribution in [1.29, 1.82) is 5.26 Å². The van der Waals surface area contributed by atoms with E-state index in [9.17, 15) is 33.9 Å². The van der Waals surface area contributed by atoms with Crippen LogP contribution < -0.4 is 15.2 Å². The molecule has 0 radical (unpaired) electrons. The first kappa shape index (κ1) is 33.1. The number of rotatable bonds is 9. The summed E-state index contributed by atoms with van der Waals surface area (Å²) >= 11 is 6.57. The van der Waals surface area contributed by atoms with Crippen LogP contribution in [0.25, 0.3) is 0 Å². The number of amides is 2. The van der Waals surface area contributed by atoms with Gasteiger partial charge in [0.1, 0.15) is 17.7 Å². The molecular formula is C31H30ClF3N6O5. The van der Waals surface area contributed by atoms with Crippen molar-refractivity contribution in [2.75, 3.05) is 16.4 Å². The number of hydrogen-bond acceptors (Lipinski definition) is 9. The third kappa shape index (κ3) is 6.93. The Morgan fingerprint density at radius 3 is 2.61 bits per heavy atom. The van der Waals surface area contributed by atoms with Crippen LogP contribution >= 0.6 is 11.6 Å². The fraction of sp³-hybridized carbons (Fsp3) is 0.355. The van der Waals surface area contributed by atoms with Crippen LogP contribution in [0.1, 0.15) is 56.0 Å². The van der Waals surface area contributed by atoms with Gasteiger partial charge in [0.05, 0.1) is 23.8 Å². The molecule has 1 aliphatic heterocycles. The molecule has 2 fully saturated rings. The molecule has 0 spiro atoms. The molecule has 1 saturated heterocycles. The van der Waals surface area contributed by atoms with Gasteiger partial charge in [0, 0.05) is 47.8 Å². The molecule has 0 bridgehead atoms. The summed E-state index contributed by atoms with van der Waals surface area (Å²) in [7, 11) is 0. The number of pyridine rings is 1. The number of cyclic esters (lactones) is 1. The molecule has 46 heavy (non-hydrogen) atoms. The van der Waals surface area contributed by atoms with Crippen LogP contribution in [-0.4, -0.2) is 57.1 Å². The fourth-order valence-electron chi connectivity index (χ4n) is 5.38. The maximum absolute atomic E-state index is 15.2. The van der Waals surface area contributed by atoms with Gasteiger partial charge in [-0.3, -0.25) is 14.9 Å². The normalized spacial score (nSPS) is 18.8. The van der Waals surface area contributed by atoms with E-state index in [2.05, 4.69) is 10.4 Å². The van der Waals surface area contributed by atoms with Gasteiger partial charge >= 0.3 is 6.09 Å². The number of nitrogens with one attached hydrogen (secondary N) is 1. The number of aliphatic hydroxyl groups is 1. The summed E-state index contributed by atoms with van der Waals surface area (Å²) in [5.74, 6) is -4.75. The fourth-order valence-corrected chi connectivity index (χ4v) is 5.61. The number of alkyl halides is 2. The van der Waals surface area contributed by atoms with Crippen LogP contribution in [0.3, 0.4) is 0 Å². The van der Waals surface area contributed by atoms with E-state index < -0.39 is 60.4 Å². The number of hydrogen-bond donors (Lipinski definition) is 3. The molecule has 1 aromatic heterocycles. The molecule has 1 saturated carbocycles. The monoisotopic (exact) mass is 658 g/mol. The third-order valence-electron chi connectivity index (χ3n) is 7.70. The molecule has 2 atom stereocenters. The lowest BCUT2D eigenvalue weighted by molar-refractivity contribution is -0.209. The molecule has 1 aliphatic carbocycles. The Hall–Kier alpha value is -4.26. The maximum Gasteiger partial charge on any atom is 0.416 e. The molecule has 15 heteroatoms. The standard InChI is InChI=1S/C31H30ClF3N6O5/c1-30(2,44)19-12-20(33)14-22(13-19)39(27(23-5-3-4-6-24(23)32)41(45)38-21-15-31(34,35)16-21)28(42)25-8-10-46-29(43)40(25)26-11-18(17-36)7-9-37-26/h3-7,9,11-14,21,25,27,38,44-45H,8,10,15-16H2,1-2H3/t25-,27+/m0/s1. The topological polar surface area (TPSA) is 142 Å². The highest BCUT2D eigenvalue weighted by molar-refractivity contribution is 6.31. The van der Waals surface area contributed by atoms with Gasteiger partial charge in [-0.2, -0.15) is 5.26 Å². The number of benzene rings is 2. The minimum absolute atomic E-state index is 0.0625. The Morgan fingerprint density at radius 1 is 1.24 bits per heavy atom. The van der Waals surface area contributed by atoms with Crippen LogP contribution in [0, 0.1) is 17.1 Å². The number of halogens is 4. The van der Waals surface area contributed by atoms with Crippen LogP contribution in [-0.2, 0) is 15.1 Å². The number of hydrazine groups is 1. The predicted molar refractivity (Wildman–Crippen MR) is 159 cm³/mol. The van der Waals surface area contributed by atoms with E-state index in [0.717, 1.165) is 21.9 Å². The Balaban J connectivity index is 1.69. The van der Waals surface area contributed by atoms with E-state index in [1.807, 2.05) is 6.07 Å². The zero-order valence-electron chi connectivity index (χ0n) is 24.7. The van der Waals surface area contributed by atoms with E-state index in [1.54, 1.807) is 12.1 Å². The number of ether oxygens (including phenoxy) is 1. The summed E-state index contributed by atoms with van der Waals surface area (Å²) in [5.41, 5.74) is 1.17. The van der Waals surface area contributed by atoms with Crippen molar-refractivity contribution < 1.29 is 37.8 Å². The largest absolute Gasteiger partial charge is 0.449 e. The van der Waals surface area contributed by atoms with Crippen molar-refractivity contribution in [3.8, 4) is 6.07 Å². The van der Waals surface area contributed by atoms with Gasteiger partial charge in [0.15, 0.2) is 6.17 Å². The highest BCUT2D eigenvalue weighted by Crippen LogP contribution is 2.40. The Kier molecular flexibility index (Phi) is 9.26. The van der Waals surface area contributed by atoms with Crippen molar-refractivity contribution >= 4 is 35.1 Å². The second-order valence-electron chi connectivity index (χ2n) is 11.6. The number of hydroxylamine groups is 1. The van der Waals surface area contributed by atoms with Crippen molar-refractivity contribution in [2.45, 2.75) is 62.9 Å². The number of anilines is 2. The van der Waals surface area contributed by atoms with E-state index in [0.29, 0.717) is 5.17 Å². The Morgan fingerprint density at radius 2 is 1.96 bits per heavy atom. The molecule has 3 aromatic rings. The highest BCUT2D eigenvalue weighted by atomic mass is 35.5. The first-order valence-corrected chi connectivity index (χ1v) is 14.6. The number of carbonyl (C=O) groups is 2. The summed E-state index contributed by atoms with van der Waals surface area (Å²) in [6, 6.07) is 11.9. The third-order valence-corrected chi connectivity index (χ3v) is 8.05. The second-order valence-corrected chi connectivity index (χ2v) is 12.0. The zero-order chi connectivity index (χ0) is 33.4. The van der Waals surface area contributed by atoms with Crippen molar-refractivity contribution in [3.63, 3.8) is 0 Å². The number of carbonyl (C=O) groups excluding carboxylic acids is 2. The summed E-state index contributed by atoms with van der Waals surface area (Å²) in [5, 5.41) is 32.2. The molecule has 3 N–H and O–H groups in total. The van der Waals surface area contributed by atoms with Gasteiger partial charge in [-0.1, -0.05) is 35.0 Å². The molecule has 2 aliphatic rings. The van der Waals surface area contributed by atoms with E-state index >= 15 is 4.39 Å². The average Bonchev–Trinajstić information content (AvgIpc) is 2.98. The average molecular weight is 659 g/mol. The first-order chi connectivity index (χ1) is 21.7. The summed E-state index contributed by atoms with van der Waals surface area (Å²) in [6.45, 7) is 2.63. The smallest absolute Gasteiger partial charge is 0.416 e. The van der Waals surface area contributed by atoms with Crippen LogP contribution in [0.4, 0.5) is 29.5 Å². The number of nitrogens with zero attached hydrogens (tertiary/aromatic N) is 5. The van der Waals surface area contributed by atoms with Crippen molar-refractivity contribution in [1.82, 2.24) is 15.6 Å². The lowest BCUT2D eigenvalue weighted by Gasteiger charge is -2.44. The molecule has 2 amide bonds. The molecule has 5 rings (SSSR count). The van der Waals surface area contributed by atoms with E-state index in [1.165, 1.54) is 50.4 Å². The summed E-state index contributed by atoms with van der Waals surface area (Å²) in [6.07, 6.45) is -2.58. The van der Waals surface area contributed by atoms with Crippen LogP contribution in [0.5, 0.6) is 0 Å². The molecule has 2 heterocycles. The quantitative estimate of drug-likeness (QED) is 0.203. The predicted octanol–water partition coefficient (Wildman–Crippen LogP) is 5.41. The van der Waals surface area contributed by atoms with E-state index in [4.69, 9.17) is 16.3 Å². The highest BCUT2D eigenvalue weighted by Gasteiger charge is 2.48. The summed E-state index contributed by atoms with van der Waals surface area (Å²) < 4.78 is 48.0. The number of nitriles is 1. The maximum atomic E-state index is 15.2. The minimum Gasteiger partial charge on any atom is -0.449 e. The molecule has 0 unspecified atom stereocenters. The molecular weight excluding hydrogens is 629 g/mol. The van der Waals surface area contributed by atoms with Gasteiger partial charge in [-0.25, -0.2) is 33.3 Å². The van der Waals surface area contributed by atoms with Crippen molar-refractivity contribution in [3.05, 3.63) is 88.3 Å². The van der Waals surface area contributed by atoms with Gasteiger partial charge in [-0.15, -0.1) is 0 Å². The van der Waals surface area contributed by atoms with Gasteiger partial charge < -0.3 is 9.84 Å². The molecule has 2 aromatic carbocycles. The first-order valence-electron chi connectivity index (χ1n) is 14.2. The van der Waals surface area contributed by atoms with Crippen LogP contribution in [0.2, 0.25) is 5.02 Å². The number of aromatic nitrogens is 1. The second kappa shape index (κ2) is 12.9. The van der Waals surface area contributed by atoms with Gasteiger partial charge in [-0.05, 0) is 55.8 Å². The van der Waals surface area contributed by atoms with Gasteiger partial charge in [0.2, 0.25) is 0 Å². The minimum atomic E-state index is -2.95. The lowest BCUT2D eigenvalue weighted by atomic mass is 9.89. The molecule has 11 nitrogen and oxygen atoms in total. The van der Waals surface area contributed by atoms with E-state index in [-0.39, 0.29) is 46.2 Å². The SMILES string of the molecule is CC(C)(O)c1cc(F)cc(N(C(=O)[C@@H]2CCOC(=O)N2c2cc(C#N)ccn2)[C@@H](c2ccccc2Cl)N(O)NC2CC(F)(F)C2)c1. The lowest BCUT2D eigenvalue weighted by Crippen LogP contribution is -2.61. The summed E-state index contributed by atoms with van der Waals surface area (Å²) in [4.78, 5) is 34.0. The Bertz CT molecular complexity index is 1670. The van der Waals surface area contributed by atoms with Crippen LogP contribution in [0.15, 0.2) is 60.8 Å². The zero-order valence-corrected chi connectivity index (χ0v) is 25.5. The van der Waals surface area contributed by atoms with Crippen molar-refractivity contribution in [2.24, 2.45) is 0 Å². The molecule has 242 valence electrons. The Labute approximate surface area is 267 Å². The van der Waals surface area contributed by atoms with Gasteiger partial charge in [0.25, 0.3) is 11.8 Å².